The van der Waals surface area contributed by atoms with Crippen LogP contribution < -0.4 is 0 Å². The van der Waals surface area contributed by atoms with E-state index in [1.165, 1.54) is 5.56 Å². The summed E-state index contributed by atoms with van der Waals surface area (Å²) >= 11 is 0. The van der Waals surface area contributed by atoms with Crippen molar-refractivity contribution in [2.75, 3.05) is 0 Å². The van der Waals surface area contributed by atoms with E-state index in [1.54, 1.807) is 6.21 Å². The third kappa shape index (κ3) is 2.28. The molecule has 0 bridgehead atoms. The first-order valence-electron chi connectivity index (χ1n) is 4.78. The lowest BCUT2D eigenvalue weighted by molar-refractivity contribution is 0.867. The first kappa shape index (κ1) is 10.6. The van der Waals surface area contributed by atoms with Gasteiger partial charge in [0.05, 0.1) is 11.4 Å². The third-order valence-electron chi connectivity index (χ3n) is 2.10. The van der Waals surface area contributed by atoms with E-state index in [-0.39, 0.29) is 0 Å². The second-order valence-electron chi connectivity index (χ2n) is 3.45. The Hall–Kier alpha value is -1.44. The van der Waals surface area contributed by atoms with Gasteiger partial charge >= 0.3 is 0 Å². The molecule has 0 atom stereocenters. The molecule has 0 saturated carbocycles. The summed E-state index contributed by atoms with van der Waals surface area (Å²) in [6, 6.07) is 6.10. The van der Waals surface area contributed by atoms with Gasteiger partial charge in [-0.1, -0.05) is 19.9 Å². The summed E-state index contributed by atoms with van der Waals surface area (Å²) in [4.78, 5) is 8.19. The highest BCUT2D eigenvalue weighted by atomic mass is 14.8. The SMILES string of the molecule is C=Nc1ccc(C(C)C)cc1N=CC. The van der Waals surface area contributed by atoms with E-state index in [1.807, 2.05) is 13.0 Å². The van der Waals surface area contributed by atoms with Crippen LogP contribution in [0, 0.1) is 0 Å². The minimum Gasteiger partial charge on any atom is -0.262 e. The van der Waals surface area contributed by atoms with Crippen molar-refractivity contribution in [2.24, 2.45) is 9.98 Å². The molecule has 14 heavy (non-hydrogen) atoms. The highest BCUT2D eigenvalue weighted by molar-refractivity contribution is 5.71. The lowest BCUT2D eigenvalue weighted by atomic mass is 10.0. The summed E-state index contributed by atoms with van der Waals surface area (Å²) in [5.74, 6) is 0.514. The second-order valence-corrected chi connectivity index (χ2v) is 3.45. The first-order chi connectivity index (χ1) is 6.69. The Bertz CT molecular complexity index is 351. The van der Waals surface area contributed by atoms with Crippen LogP contribution in [0.15, 0.2) is 28.2 Å². The number of benzene rings is 1. The molecule has 0 aliphatic heterocycles. The van der Waals surface area contributed by atoms with Crippen LogP contribution in [0.4, 0.5) is 11.4 Å². The highest BCUT2D eigenvalue weighted by Crippen LogP contribution is 2.30. The maximum absolute atomic E-state index is 4.26. The van der Waals surface area contributed by atoms with Crippen molar-refractivity contribution in [3.05, 3.63) is 23.8 Å². The Balaban J connectivity index is 3.20. The fourth-order valence-electron chi connectivity index (χ4n) is 1.28. The van der Waals surface area contributed by atoms with Crippen LogP contribution in [0.5, 0.6) is 0 Å². The van der Waals surface area contributed by atoms with Gasteiger partial charge in [0.25, 0.3) is 0 Å². The monoisotopic (exact) mass is 188 g/mol. The first-order valence-corrected chi connectivity index (χ1v) is 4.78. The van der Waals surface area contributed by atoms with Crippen molar-refractivity contribution in [2.45, 2.75) is 26.7 Å². The van der Waals surface area contributed by atoms with Crippen molar-refractivity contribution in [1.29, 1.82) is 0 Å². The Morgan fingerprint density at radius 1 is 1.29 bits per heavy atom. The van der Waals surface area contributed by atoms with Gasteiger partial charge < -0.3 is 0 Å². The fraction of sp³-hybridized carbons (Fsp3) is 0.333. The summed E-state index contributed by atoms with van der Waals surface area (Å²) < 4.78 is 0. The van der Waals surface area contributed by atoms with Crippen LogP contribution in [-0.4, -0.2) is 12.9 Å². The Morgan fingerprint density at radius 3 is 2.50 bits per heavy atom. The zero-order valence-corrected chi connectivity index (χ0v) is 8.99. The minimum absolute atomic E-state index is 0.514. The molecule has 1 aromatic carbocycles. The van der Waals surface area contributed by atoms with Crippen LogP contribution in [0.25, 0.3) is 0 Å². The molecule has 2 heteroatoms. The standard InChI is InChI=1S/C12H16N2/c1-5-14-12-8-10(9(2)3)6-7-11(12)13-4/h5-9H,4H2,1-3H3. The van der Waals surface area contributed by atoms with Crippen LogP contribution in [0.2, 0.25) is 0 Å². The highest BCUT2D eigenvalue weighted by Gasteiger charge is 2.03. The predicted octanol–water partition coefficient (Wildman–Crippen LogP) is 3.86. The molecule has 0 aliphatic carbocycles. The molecule has 2 nitrogen and oxygen atoms in total. The lowest BCUT2D eigenvalue weighted by Gasteiger charge is -2.07. The normalized spacial score (nSPS) is 11.1. The molecule has 0 aliphatic rings. The predicted molar refractivity (Wildman–Crippen MR) is 63.6 cm³/mol. The van der Waals surface area contributed by atoms with Gasteiger partial charge in [0.1, 0.15) is 0 Å². The molecule has 0 aromatic heterocycles. The summed E-state index contributed by atoms with van der Waals surface area (Å²) in [7, 11) is 0. The summed E-state index contributed by atoms with van der Waals surface area (Å²) in [5.41, 5.74) is 3.01. The zero-order chi connectivity index (χ0) is 10.6. The summed E-state index contributed by atoms with van der Waals surface area (Å²) in [6.07, 6.45) is 1.77. The van der Waals surface area contributed by atoms with Crippen molar-refractivity contribution in [1.82, 2.24) is 0 Å². The smallest absolute Gasteiger partial charge is 0.0884 e. The van der Waals surface area contributed by atoms with E-state index in [0.29, 0.717) is 5.92 Å². The van der Waals surface area contributed by atoms with Crippen molar-refractivity contribution in [3.63, 3.8) is 0 Å². The van der Waals surface area contributed by atoms with Gasteiger partial charge in [0.2, 0.25) is 0 Å². The third-order valence-corrected chi connectivity index (χ3v) is 2.10. The quantitative estimate of drug-likeness (QED) is 0.643. The Kier molecular flexibility index (Phi) is 3.57. The molecule has 74 valence electrons. The van der Waals surface area contributed by atoms with Gasteiger partial charge in [-0.05, 0) is 37.3 Å². The fourth-order valence-corrected chi connectivity index (χ4v) is 1.28. The molecule has 0 heterocycles. The van der Waals surface area contributed by atoms with Gasteiger partial charge in [-0.15, -0.1) is 0 Å². The van der Waals surface area contributed by atoms with E-state index < -0.39 is 0 Å². The average molecular weight is 188 g/mol. The molecular formula is C12H16N2. The molecule has 0 unspecified atom stereocenters. The molecule has 0 N–H and O–H groups in total. The topological polar surface area (TPSA) is 24.7 Å². The summed E-state index contributed by atoms with van der Waals surface area (Å²) in [5, 5.41) is 0. The number of aliphatic imine (C=N–C) groups is 2. The van der Waals surface area contributed by atoms with Gasteiger partial charge in [0, 0.05) is 6.21 Å². The Labute approximate surface area is 85.4 Å². The van der Waals surface area contributed by atoms with Crippen LogP contribution in [-0.2, 0) is 0 Å². The van der Waals surface area contributed by atoms with E-state index in [9.17, 15) is 0 Å². The molecule has 1 rings (SSSR count). The maximum atomic E-state index is 4.26. The average Bonchev–Trinajstić information content (AvgIpc) is 2.18. The largest absolute Gasteiger partial charge is 0.262 e. The minimum atomic E-state index is 0.514. The van der Waals surface area contributed by atoms with E-state index >= 15 is 0 Å². The van der Waals surface area contributed by atoms with Gasteiger partial charge in [-0.2, -0.15) is 0 Å². The number of nitrogens with zero attached hydrogens (tertiary/aromatic N) is 2. The zero-order valence-electron chi connectivity index (χ0n) is 8.99. The summed E-state index contributed by atoms with van der Waals surface area (Å²) in [6.45, 7) is 9.75. The van der Waals surface area contributed by atoms with E-state index in [4.69, 9.17) is 0 Å². The molecule has 0 radical (unpaired) electrons. The van der Waals surface area contributed by atoms with E-state index in [0.717, 1.165) is 11.4 Å². The Morgan fingerprint density at radius 2 is 2.00 bits per heavy atom. The van der Waals surface area contributed by atoms with Crippen LogP contribution in [0.1, 0.15) is 32.3 Å². The van der Waals surface area contributed by atoms with Gasteiger partial charge in [0.15, 0.2) is 0 Å². The van der Waals surface area contributed by atoms with Crippen molar-refractivity contribution >= 4 is 24.3 Å². The molecule has 0 saturated heterocycles. The lowest BCUT2D eigenvalue weighted by Crippen LogP contribution is -1.85. The second kappa shape index (κ2) is 4.70. The number of hydrogen-bond acceptors (Lipinski definition) is 2. The number of rotatable bonds is 3. The van der Waals surface area contributed by atoms with Crippen molar-refractivity contribution in [3.8, 4) is 0 Å². The molecule has 0 fully saturated rings. The number of hydrogen-bond donors (Lipinski definition) is 0. The molecule has 0 spiro atoms. The molecule has 0 amide bonds. The van der Waals surface area contributed by atoms with E-state index in [2.05, 4.69) is 42.7 Å². The van der Waals surface area contributed by atoms with Crippen LogP contribution >= 0.6 is 0 Å². The maximum Gasteiger partial charge on any atom is 0.0884 e. The molecular weight excluding hydrogens is 172 g/mol. The van der Waals surface area contributed by atoms with Crippen molar-refractivity contribution < 1.29 is 0 Å². The van der Waals surface area contributed by atoms with Crippen LogP contribution in [0.3, 0.4) is 0 Å². The van der Waals surface area contributed by atoms with Gasteiger partial charge in [-0.25, -0.2) is 0 Å². The van der Waals surface area contributed by atoms with Gasteiger partial charge in [-0.3, -0.25) is 9.98 Å². The molecule has 1 aromatic rings.